The Kier molecular flexibility index (Phi) is 4.01. The fourth-order valence-corrected chi connectivity index (χ4v) is 2.13. The smallest absolute Gasteiger partial charge is 0.410 e. The Labute approximate surface area is 119 Å². The van der Waals surface area contributed by atoms with E-state index in [0.717, 1.165) is 12.1 Å². The number of pyridine rings is 1. The number of carbonyl (C=O) groups excluding carboxylic acids is 1. The molecule has 1 aliphatic rings. The summed E-state index contributed by atoms with van der Waals surface area (Å²) in [6.45, 7) is 6.91. The van der Waals surface area contributed by atoms with Gasteiger partial charge in [0.05, 0.1) is 5.69 Å². The first-order valence-electron chi connectivity index (χ1n) is 6.80. The number of nitrogens with one attached hydrogen (secondary N) is 1. The molecular weight excluding hydrogens is 256 g/mol. The first-order valence-corrected chi connectivity index (χ1v) is 6.80. The topological polar surface area (TPSA) is 80.5 Å². The second-order valence-electron chi connectivity index (χ2n) is 5.99. The van der Waals surface area contributed by atoms with Crippen LogP contribution in [0.2, 0.25) is 0 Å². The van der Waals surface area contributed by atoms with Crippen LogP contribution in [-0.2, 0) is 4.74 Å². The lowest BCUT2D eigenvalue weighted by atomic mass is 10.2. The molecule has 1 atom stereocenters. The highest BCUT2D eigenvalue weighted by molar-refractivity contribution is 5.69. The van der Waals surface area contributed by atoms with Gasteiger partial charge in [0.25, 0.3) is 0 Å². The standard InChI is InChI=1S/C14H22N4O2/c1-14(2,3)20-13(19)18-8-6-10(9-18)17-11-5-4-7-16-12(11)15/h4-5,7,10,17H,6,8-9H2,1-3H3,(H2,15,16)/t10-/m0/s1. The van der Waals surface area contributed by atoms with Gasteiger partial charge in [0.1, 0.15) is 11.4 Å². The van der Waals surface area contributed by atoms with Gasteiger partial charge in [0.2, 0.25) is 0 Å². The van der Waals surface area contributed by atoms with Gasteiger partial charge in [-0.05, 0) is 39.3 Å². The van der Waals surface area contributed by atoms with E-state index < -0.39 is 5.60 Å². The van der Waals surface area contributed by atoms with Gasteiger partial charge >= 0.3 is 6.09 Å². The fraction of sp³-hybridized carbons (Fsp3) is 0.571. The summed E-state index contributed by atoms with van der Waals surface area (Å²) in [6, 6.07) is 3.90. The van der Waals surface area contributed by atoms with Crippen LogP contribution >= 0.6 is 0 Å². The van der Waals surface area contributed by atoms with Crippen LogP contribution < -0.4 is 11.1 Å². The molecule has 0 spiro atoms. The minimum absolute atomic E-state index is 0.175. The van der Waals surface area contributed by atoms with Gasteiger partial charge in [0, 0.05) is 25.3 Å². The van der Waals surface area contributed by atoms with E-state index in [4.69, 9.17) is 10.5 Å². The average molecular weight is 278 g/mol. The van der Waals surface area contributed by atoms with Crippen LogP contribution in [0.4, 0.5) is 16.3 Å². The number of anilines is 2. The van der Waals surface area contributed by atoms with E-state index in [1.807, 2.05) is 32.9 Å². The van der Waals surface area contributed by atoms with Gasteiger partial charge in [-0.15, -0.1) is 0 Å². The summed E-state index contributed by atoms with van der Waals surface area (Å²) in [5.41, 5.74) is 6.14. The zero-order valence-electron chi connectivity index (χ0n) is 12.2. The Morgan fingerprint density at radius 1 is 1.55 bits per heavy atom. The number of nitrogens with two attached hydrogens (primary N) is 1. The molecular formula is C14H22N4O2. The Hall–Kier alpha value is -1.98. The number of likely N-dealkylation sites (tertiary alicyclic amines) is 1. The number of nitrogens with zero attached hydrogens (tertiary/aromatic N) is 2. The normalized spacial score (nSPS) is 18.9. The molecule has 0 unspecified atom stereocenters. The minimum Gasteiger partial charge on any atom is -0.444 e. The van der Waals surface area contributed by atoms with Gasteiger partial charge in [-0.2, -0.15) is 0 Å². The SMILES string of the molecule is CC(C)(C)OC(=O)N1CC[C@H](Nc2cccnc2N)C1. The molecule has 0 aromatic carbocycles. The molecule has 20 heavy (non-hydrogen) atoms. The van der Waals surface area contributed by atoms with E-state index in [1.54, 1.807) is 11.1 Å². The fourth-order valence-electron chi connectivity index (χ4n) is 2.13. The van der Waals surface area contributed by atoms with Gasteiger partial charge in [-0.3, -0.25) is 0 Å². The molecule has 2 rings (SSSR count). The summed E-state index contributed by atoms with van der Waals surface area (Å²) in [7, 11) is 0. The van der Waals surface area contributed by atoms with Gasteiger partial charge in [0.15, 0.2) is 0 Å². The van der Waals surface area contributed by atoms with Crippen LogP contribution in [-0.4, -0.2) is 40.7 Å². The van der Waals surface area contributed by atoms with Crippen molar-refractivity contribution in [1.29, 1.82) is 0 Å². The second kappa shape index (κ2) is 5.56. The molecule has 0 aliphatic carbocycles. The number of hydrogen-bond acceptors (Lipinski definition) is 5. The van der Waals surface area contributed by atoms with Crippen LogP contribution in [0.25, 0.3) is 0 Å². The number of amides is 1. The minimum atomic E-state index is -0.462. The number of rotatable bonds is 2. The van der Waals surface area contributed by atoms with Crippen LogP contribution in [0.1, 0.15) is 27.2 Å². The molecule has 110 valence electrons. The third-order valence-electron chi connectivity index (χ3n) is 3.04. The highest BCUT2D eigenvalue weighted by Gasteiger charge is 2.29. The van der Waals surface area contributed by atoms with Crippen molar-refractivity contribution >= 4 is 17.6 Å². The Morgan fingerprint density at radius 2 is 2.30 bits per heavy atom. The predicted octanol–water partition coefficient (Wildman–Crippen LogP) is 2.09. The van der Waals surface area contributed by atoms with E-state index in [2.05, 4.69) is 10.3 Å². The maximum Gasteiger partial charge on any atom is 0.410 e. The molecule has 1 amide bonds. The molecule has 3 N–H and O–H groups in total. The number of carbonyl (C=O) groups is 1. The lowest BCUT2D eigenvalue weighted by molar-refractivity contribution is 0.0293. The maximum atomic E-state index is 12.0. The highest BCUT2D eigenvalue weighted by Crippen LogP contribution is 2.21. The Bertz CT molecular complexity index is 484. The van der Waals surface area contributed by atoms with E-state index >= 15 is 0 Å². The molecule has 0 radical (unpaired) electrons. The summed E-state index contributed by atoms with van der Waals surface area (Å²) in [4.78, 5) is 17.7. The molecule has 1 fully saturated rings. The number of aromatic nitrogens is 1. The molecule has 6 nitrogen and oxygen atoms in total. The zero-order valence-corrected chi connectivity index (χ0v) is 12.2. The van der Waals surface area contributed by atoms with Crippen LogP contribution in [0.15, 0.2) is 18.3 Å². The molecule has 0 bridgehead atoms. The van der Waals surface area contributed by atoms with Crippen LogP contribution in [0.3, 0.4) is 0 Å². The van der Waals surface area contributed by atoms with Gasteiger partial charge in [-0.1, -0.05) is 0 Å². The first kappa shape index (κ1) is 14.4. The van der Waals surface area contributed by atoms with Crippen molar-refractivity contribution in [1.82, 2.24) is 9.88 Å². The first-order chi connectivity index (χ1) is 9.35. The monoisotopic (exact) mass is 278 g/mol. The van der Waals surface area contributed by atoms with Crippen molar-refractivity contribution < 1.29 is 9.53 Å². The zero-order chi connectivity index (χ0) is 14.8. The lowest BCUT2D eigenvalue weighted by Gasteiger charge is -2.24. The lowest BCUT2D eigenvalue weighted by Crippen LogP contribution is -2.36. The van der Waals surface area contributed by atoms with Crippen molar-refractivity contribution in [3.05, 3.63) is 18.3 Å². The Balaban J connectivity index is 1.90. The van der Waals surface area contributed by atoms with Crippen LogP contribution in [0, 0.1) is 0 Å². The highest BCUT2D eigenvalue weighted by atomic mass is 16.6. The average Bonchev–Trinajstić information content (AvgIpc) is 2.79. The number of hydrogen-bond donors (Lipinski definition) is 2. The van der Waals surface area contributed by atoms with Gasteiger partial charge in [-0.25, -0.2) is 9.78 Å². The Morgan fingerprint density at radius 3 is 2.95 bits per heavy atom. The third-order valence-corrected chi connectivity index (χ3v) is 3.04. The summed E-state index contributed by atoms with van der Waals surface area (Å²) in [5.74, 6) is 0.475. The molecule has 1 aliphatic heterocycles. The van der Waals surface area contributed by atoms with Crippen molar-refractivity contribution in [2.24, 2.45) is 0 Å². The summed E-state index contributed by atoms with van der Waals surface area (Å²) < 4.78 is 5.37. The predicted molar refractivity (Wildman–Crippen MR) is 78.5 cm³/mol. The molecule has 6 heteroatoms. The summed E-state index contributed by atoms with van der Waals surface area (Å²) >= 11 is 0. The van der Waals surface area contributed by atoms with E-state index in [0.29, 0.717) is 18.9 Å². The van der Waals surface area contributed by atoms with Crippen molar-refractivity contribution in [3.63, 3.8) is 0 Å². The van der Waals surface area contributed by atoms with E-state index in [-0.39, 0.29) is 12.1 Å². The van der Waals surface area contributed by atoms with Crippen molar-refractivity contribution in [2.75, 3.05) is 24.1 Å². The summed E-state index contributed by atoms with van der Waals surface area (Å²) in [6.07, 6.45) is 2.26. The maximum absolute atomic E-state index is 12.0. The second-order valence-corrected chi connectivity index (χ2v) is 5.99. The van der Waals surface area contributed by atoms with Crippen molar-refractivity contribution in [2.45, 2.75) is 38.8 Å². The third kappa shape index (κ3) is 3.76. The number of nitrogen functional groups attached to an aromatic ring is 1. The van der Waals surface area contributed by atoms with E-state index in [1.165, 1.54) is 0 Å². The molecule has 1 saturated heterocycles. The molecule has 2 heterocycles. The van der Waals surface area contributed by atoms with Gasteiger partial charge < -0.3 is 20.7 Å². The quantitative estimate of drug-likeness (QED) is 0.865. The largest absolute Gasteiger partial charge is 0.444 e. The van der Waals surface area contributed by atoms with Crippen molar-refractivity contribution in [3.8, 4) is 0 Å². The molecule has 0 saturated carbocycles. The van der Waals surface area contributed by atoms with E-state index in [9.17, 15) is 4.79 Å². The molecule has 1 aromatic heterocycles. The number of ether oxygens (including phenoxy) is 1. The molecule has 1 aromatic rings. The van der Waals surface area contributed by atoms with Crippen LogP contribution in [0.5, 0.6) is 0 Å². The summed E-state index contributed by atoms with van der Waals surface area (Å²) in [5, 5.41) is 3.32.